The molecule has 0 bridgehead atoms. The van der Waals surface area contributed by atoms with Crippen molar-refractivity contribution < 1.29 is 5.11 Å². The summed E-state index contributed by atoms with van der Waals surface area (Å²) in [7, 11) is 0. The summed E-state index contributed by atoms with van der Waals surface area (Å²) in [6.07, 6.45) is 7.51. The molecule has 2 atom stereocenters. The van der Waals surface area contributed by atoms with E-state index >= 15 is 0 Å². The normalized spacial score (nSPS) is 23.4. The summed E-state index contributed by atoms with van der Waals surface area (Å²) in [6, 6.07) is 2.61. The van der Waals surface area contributed by atoms with Crippen LogP contribution in [-0.4, -0.2) is 27.5 Å². The van der Waals surface area contributed by atoms with Crippen molar-refractivity contribution >= 4 is 0 Å². The monoisotopic (exact) mass is 265 g/mol. The van der Waals surface area contributed by atoms with Crippen molar-refractivity contribution in [3.05, 3.63) is 18.0 Å². The number of aliphatic hydroxyl groups excluding tert-OH is 1. The minimum atomic E-state index is -0.102. The van der Waals surface area contributed by atoms with E-state index in [1.807, 2.05) is 0 Å². The van der Waals surface area contributed by atoms with Crippen molar-refractivity contribution in [2.45, 2.75) is 64.6 Å². The van der Waals surface area contributed by atoms with Crippen LogP contribution in [0.4, 0.5) is 0 Å². The van der Waals surface area contributed by atoms with Gasteiger partial charge in [0.25, 0.3) is 0 Å². The standard InChI is InChI=1S/C15H27N3O/c1-3-14(4-2)18-9-8-13(17-18)11-16-10-12-6-5-7-15(12)19/h8-9,12,14-16,19H,3-7,10-11H2,1-2H3. The Labute approximate surface area is 116 Å². The van der Waals surface area contributed by atoms with Crippen molar-refractivity contribution in [2.75, 3.05) is 6.54 Å². The fourth-order valence-corrected chi connectivity index (χ4v) is 2.98. The Balaban J connectivity index is 1.77. The molecule has 0 saturated heterocycles. The van der Waals surface area contributed by atoms with Crippen LogP contribution in [0.25, 0.3) is 0 Å². The van der Waals surface area contributed by atoms with Crippen molar-refractivity contribution in [2.24, 2.45) is 5.92 Å². The molecule has 0 radical (unpaired) electrons. The smallest absolute Gasteiger partial charge is 0.0762 e. The predicted octanol–water partition coefficient (Wildman–Crippen LogP) is 2.49. The van der Waals surface area contributed by atoms with Gasteiger partial charge in [0.2, 0.25) is 0 Å². The zero-order chi connectivity index (χ0) is 13.7. The summed E-state index contributed by atoms with van der Waals surface area (Å²) in [5, 5.41) is 17.8. The van der Waals surface area contributed by atoms with Crippen molar-refractivity contribution in [3.8, 4) is 0 Å². The number of aliphatic hydroxyl groups is 1. The van der Waals surface area contributed by atoms with E-state index in [-0.39, 0.29) is 6.10 Å². The molecule has 0 aromatic carbocycles. The van der Waals surface area contributed by atoms with Gasteiger partial charge in [0, 0.05) is 19.3 Å². The third-order valence-corrected chi connectivity index (χ3v) is 4.31. The molecule has 108 valence electrons. The Kier molecular flexibility index (Phi) is 5.40. The first-order valence-corrected chi connectivity index (χ1v) is 7.67. The first kappa shape index (κ1) is 14.5. The number of aromatic nitrogens is 2. The van der Waals surface area contributed by atoms with Gasteiger partial charge in [-0.1, -0.05) is 20.3 Å². The van der Waals surface area contributed by atoms with Gasteiger partial charge in [-0.15, -0.1) is 0 Å². The Morgan fingerprint density at radius 3 is 2.84 bits per heavy atom. The first-order chi connectivity index (χ1) is 9.24. The minimum Gasteiger partial charge on any atom is -0.393 e. The average molecular weight is 265 g/mol. The average Bonchev–Trinajstić information content (AvgIpc) is 3.02. The molecule has 1 aliphatic carbocycles. The van der Waals surface area contributed by atoms with Crippen LogP contribution >= 0.6 is 0 Å². The van der Waals surface area contributed by atoms with Gasteiger partial charge < -0.3 is 10.4 Å². The van der Waals surface area contributed by atoms with E-state index in [1.165, 1.54) is 0 Å². The third kappa shape index (κ3) is 3.80. The molecule has 19 heavy (non-hydrogen) atoms. The Morgan fingerprint density at radius 1 is 1.42 bits per heavy atom. The van der Waals surface area contributed by atoms with Gasteiger partial charge in [-0.2, -0.15) is 5.10 Å². The van der Waals surface area contributed by atoms with Crippen LogP contribution in [0.1, 0.15) is 57.7 Å². The van der Waals surface area contributed by atoms with Gasteiger partial charge in [0.05, 0.1) is 17.8 Å². The highest BCUT2D eigenvalue weighted by Crippen LogP contribution is 2.24. The number of hydrogen-bond acceptors (Lipinski definition) is 3. The van der Waals surface area contributed by atoms with Gasteiger partial charge in [-0.05, 0) is 37.7 Å². The summed E-state index contributed by atoms with van der Waals surface area (Å²) in [5.74, 6) is 0.432. The molecular formula is C15H27N3O. The minimum absolute atomic E-state index is 0.102. The molecule has 0 spiro atoms. The van der Waals surface area contributed by atoms with E-state index in [2.05, 4.69) is 41.2 Å². The fourth-order valence-electron chi connectivity index (χ4n) is 2.98. The zero-order valence-electron chi connectivity index (χ0n) is 12.2. The number of hydrogen-bond donors (Lipinski definition) is 2. The molecule has 1 aromatic heterocycles. The molecule has 1 heterocycles. The summed E-state index contributed by atoms with van der Waals surface area (Å²) in [4.78, 5) is 0. The van der Waals surface area contributed by atoms with Crippen LogP contribution in [-0.2, 0) is 6.54 Å². The Bertz CT molecular complexity index is 373. The topological polar surface area (TPSA) is 50.1 Å². The SMILES string of the molecule is CCC(CC)n1ccc(CNCC2CCCC2O)n1. The van der Waals surface area contributed by atoms with Gasteiger partial charge in [0.1, 0.15) is 0 Å². The molecule has 1 aliphatic rings. The van der Waals surface area contributed by atoms with E-state index in [0.717, 1.165) is 50.9 Å². The van der Waals surface area contributed by atoms with E-state index in [4.69, 9.17) is 0 Å². The zero-order valence-corrected chi connectivity index (χ0v) is 12.2. The predicted molar refractivity (Wildman–Crippen MR) is 76.9 cm³/mol. The Hall–Kier alpha value is -0.870. The third-order valence-electron chi connectivity index (χ3n) is 4.31. The second kappa shape index (κ2) is 7.06. The fraction of sp³-hybridized carbons (Fsp3) is 0.800. The quantitative estimate of drug-likeness (QED) is 0.796. The van der Waals surface area contributed by atoms with Crippen molar-refractivity contribution in [3.63, 3.8) is 0 Å². The molecule has 2 rings (SSSR count). The summed E-state index contributed by atoms with van der Waals surface area (Å²) >= 11 is 0. The van der Waals surface area contributed by atoms with Gasteiger partial charge in [0.15, 0.2) is 0 Å². The number of rotatable bonds is 7. The molecule has 0 amide bonds. The molecule has 1 saturated carbocycles. The highest BCUT2D eigenvalue weighted by atomic mass is 16.3. The Morgan fingerprint density at radius 2 is 2.21 bits per heavy atom. The second-order valence-corrected chi connectivity index (χ2v) is 5.65. The molecule has 4 heteroatoms. The maximum Gasteiger partial charge on any atom is 0.0762 e. The number of nitrogens with one attached hydrogen (secondary N) is 1. The largest absolute Gasteiger partial charge is 0.393 e. The number of nitrogens with zero attached hydrogens (tertiary/aromatic N) is 2. The first-order valence-electron chi connectivity index (χ1n) is 7.67. The lowest BCUT2D eigenvalue weighted by molar-refractivity contribution is 0.131. The van der Waals surface area contributed by atoms with Crippen molar-refractivity contribution in [1.82, 2.24) is 15.1 Å². The molecule has 4 nitrogen and oxygen atoms in total. The summed E-state index contributed by atoms with van der Waals surface area (Å²) in [6.45, 7) is 6.11. The molecule has 1 aromatic rings. The molecule has 0 aliphatic heterocycles. The van der Waals surface area contributed by atoms with Gasteiger partial charge >= 0.3 is 0 Å². The maximum atomic E-state index is 9.77. The summed E-state index contributed by atoms with van der Waals surface area (Å²) in [5.41, 5.74) is 1.10. The van der Waals surface area contributed by atoms with Crippen LogP contribution in [0, 0.1) is 5.92 Å². The second-order valence-electron chi connectivity index (χ2n) is 5.65. The van der Waals surface area contributed by atoms with Crippen LogP contribution in [0.5, 0.6) is 0 Å². The lowest BCUT2D eigenvalue weighted by Crippen LogP contribution is -2.27. The van der Waals surface area contributed by atoms with Crippen LogP contribution in [0.2, 0.25) is 0 Å². The van der Waals surface area contributed by atoms with E-state index in [0.29, 0.717) is 12.0 Å². The lowest BCUT2D eigenvalue weighted by atomic mass is 10.1. The highest BCUT2D eigenvalue weighted by Gasteiger charge is 2.24. The summed E-state index contributed by atoms with van der Waals surface area (Å²) < 4.78 is 2.08. The van der Waals surface area contributed by atoms with Crippen LogP contribution in [0.3, 0.4) is 0 Å². The molecule has 2 N–H and O–H groups in total. The molecular weight excluding hydrogens is 238 g/mol. The molecule has 2 unspecified atom stereocenters. The molecule has 1 fully saturated rings. The van der Waals surface area contributed by atoms with Crippen LogP contribution < -0.4 is 5.32 Å². The highest BCUT2D eigenvalue weighted by molar-refractivity contribution is 4.99. The van der Waals surface area contributed by atoms with E-state index in [9.17, 15) is 5.11 Å². The van der Waals surface area contributed by atoms with Crippen molar-refractivity contribution in [1.29, 1.82) is 0 Å². The van der Waals surface area contributed by atoms with Gasteiger partial charge in [-0.3, -0.25) is 4.68 Å². The van der Waals surface area contributed by atoms with E-state index in [1.54, 1.807) is 0 Å². The van der Waals surface area contributed by atoms with Crippen LogP contribution in [0.15, 0.2) is 12.3 Å². The maximum absolute atomic E-state index is 9.77. The van der Waals surface area contributed by atoms with E-state index < -0.39 is 0 Å². The lowest BCUT2D eigenvalue weighted by Gasteiger charge is -2.14. The van der Waals surface area contributed by atoms with Gasteiger partial charge in [-0.25, -0.2) is 0 Å².